The molecule has 1 heterocycles. The summed E-state index contributed by atoms with van der Waals surface area (Å²) in [5, 5.41) is 0. The molecule has 1 unspecified atom stereocenters. The van der Waals surface area contributed by atoms with Gasteiger partial charge in [-0.05, 0) is 32.6 Å². The summed E-state index contributed by atoms with van der Waals surface area (Å²) in [6, 6.07) is 0. The number of carbonyl (C=O) groups excluding carboxylic acids is 1. The van der Waals surface area contributed by atoms with E-state index in [1.54, 1.807) is 0 Å². The Labute approximate surface area is 107 Å². The first-order valence-electron chi connectivity index (χ1n) is 6.04. The lowest BCUT2D eigenvalue weighted by atomic mass is 9.94. The maximum absolute atomic E-state index is 11.8. The summed E-state index contributed by atoms with van der Waals surface area (Å²) >= 11 is 3.61. The number of nitrogens with zero attached hydrogens (tertiary/aromatic N) is 1. The minimum Gasteiger partial charge on any atom is -0.369 e. The molecule has 3 nitrogen and oxygen atoms in total. The second kappa shape index (κ2) is 6.60. The predicted octanol–water partition coefficient (Wildman–Crippen LogP) is 2.43. The monoisotopic (exact) mass is 291 g/mol. The van der Waals surface area contributed by atoms with Gasteiger partial charge in [-0.15, -0.1) is 0 Å². The van der Waals surface area contributed by atoms with E-state index in [0.29, 0.717) is 10.7 Å². The van der Waals surface area contributed by atoms with Crippen molar-refractivity contribution in [3.63, 3.8) is 0 Å². The fraction of sp³-hybridized carbons (Fsp3) is 0.917. The highest BCUT2D eigenvalue weighted by Crippen LogP contribution is 2.24. The molecule has 1 amide bonds. The lowest BCUT2D eigenvalue weighted by molar-refractivity contribution is -0.138. The molecule has 16 heavy (non-hydrogen) atoms. The molecule has 0 N–H and O–H groups in total. The summed E-state index contributed by atoms with van der Waals surface area (Å²) in [7, 11) is 0. The Balaban J connectivity index is 2.27. The zero-order chi connectivity index (χ0) is 12.1. The molecule has 0 radical (unpaired) electrons. The van der Waals surface area contributed by atoms with Gasteiger partial charge in [-0.1, -0.05) is 22.9 Å². The molecule has 1 aliphatic heterocycles. The number of piperidine rings is 1. The van der Waals surface area contributed by atoms with E-state index in [1.807, 2.05) is 18.7 Å². The topological polar surface area (TPSA) is 29.5 Å². The van der Waals surface area contributed by atoms with Crippen LogP contribution in [0.5, 0.6) is 0 Å². The lowest BCUT2D eigenvalue weighted by Gasteiger charge is -2.33. The number of ether oxygens (including phenoxy) is 1. The van der Waals surface area contributed by atoms with Crippen LogP contribution in [0.3, 0.4) is 0 Å². The Morgan fingerprint density at radius 1 is 1.38 bits per heavy atom. The number of likely N-dealkylation sites (tertiary alicyclic amines) is 1. The highest BCUT2D eigenvalue weighted by atomic mass is 79.9. The van der Waals surface area contributed by atoms with E-state index in [0.717, 1.165) is 25.9 Å². The maximum atomic E-state index is 11.8. The summed E-state index contributed by atoms with van der Waals surface area (Å²) in [5.74, 6) is 0.837. The van der Waals surface area contributed by atoms with Crippen molar-refractivity contribution >= 4 is 21.8 Å². The molecule has 0 aliphatic carbocycles. The van der Waals surface area contributed by atoms with Crippen molar-refractivity contribution in [3.8, 4) is 0 Å². The molecule has 94 valence electrons. The smallest absolute Gasteiger partial charge is 0.248 e. The van der Waals surface area contributed by atoms with Gasteiger partial charge in [0.05, 0.1) is 6.10 Å². The summed E-state index contributed by atoms with van der Waals surface area (Å²) in [4.78, 5) is 14.2. The number of hydrogen-bond donors (Lipinski definition) is 0. The Morgan fingerprint density at radius 3 is 2.38 bits per heavy atom. The molecule has 0 bridgehead atoms. The Morgan fingerprint density at radius 2 is 1.94 bits per heavy atom. The van der Waals surface area contributed by atoms with Gasteiger partial charge >= 0.3 is 0 Å². The standard InChI is InChI=1S/C12H22BrNO2/c1-9(2)16-8-12(15)14-6-4-11(5-7-14)10(3)13/h9-11H,4-8H2,1-3H3. The maximum Gasteiger partial charge on any atom is 0.248 e. The molecule has 1 fully saturated rings. The van der Waals surface area contributed by atoms with E-state index in [2.05, 4.69) is 22.9 Å². The third-order valence-corrected chi connectivity index (χ3v) is 3.83. The fourth-order valence-electron chi connectivity index (χ4n) is 1.94. The van der Waals surface area contributed by atoms with Crippen LogP contribution in [0.4, 0.5) is 0 Å². The molecule has 0 aromatic heterocycles. The van der Waals surface area contributed by atoms with E-state index in [1.165, 1.54) is 0 Å². The number of rotatable bonds is 4. The predicted molar refractivity (Wildman–Crippen MR) is 68.8 cm³/mol. The van der Waals surface area contributed by atoms with Gasteiger partial charge in [0.2, 0.25) is 5.91 Å². The fourth-order valence-corrected chi connectivity index (χ4v) is 2.47. The lowest BCUT2D eigenvalue weighted by Crippen LogP contribution is -2.42. The van der Waals surface area contributed by atoms with Gasteiger partial charge in [0.15, 0.2) is 0 Å². The van der Waals surface area contributed by atoms with E-state index in [-0.39, 0.29) is 18.6 Å². The minimum absolute atomic E-state index is 0.129. The molecule has 0 spiro atoms. The Hall–Kier alpha value is -0.0900. The van der Waals surface area contributed by atoms with Gasteiger partial charge < -0.3 is 9.64 Å². The molecule has 0 saturated carbocycles. The number of amides is 1. The van der Waals surface area contributed by atoms with E-state index in [4.69, 9.17) is 4.74 Å². The quantitative estimate of drug-likeness (QED) is 0.745. The normalized spacial score (nSPS) is 20.2. The molecule has 4 heteroatoms. The van der Waals surface area contributed by atoms with Crippen molar-refractivity contribution in [1.29, 1.82) is 0 Å². The minimum atomic E-state index is 0.129. The van der Waals surface area contributed by atoms with Crippen LogP contribution in [0, 0.1) is 5.92 Å². The van der Waals surface area contributed by atoms with Crippen LogP contribution in [0.2, 0.25) is 0 Å². The number of hydrogen-bond acceptors (Lipinski definition) is 2. The molecular formula is C12H22BrNO2. The zero-order valence-electron chi connectivity index (χ0n) is 10.4. The number of carbonyl (C=O) groups is 1. The van der Waals surface area contributed by atoms with Gasteiger partial charge in [0.25, 0.3) is 0 Å². The van der Waals surface area contributed by atoms with Crippen molar-refractivity contribution < 1.29 is 9.53 Å². The van der Waals surface area contributed by atoms with Gasteiger partial charge in [-0.2, -0.15) is 0 Å². The second-order valence-electron chi connectivity index (χ2n) is 4.76. The van der Waals surface area contributed by atoms with Gasteiger partial charge in [-0.25, -0.2) is 0 Å². The van der Waals surface area contributed by atoms with Crippen LogP contribution >= 0.6 is 15.9 Å². The highest BCUT2D eigenvalue weighted by molar-refractivity contribution is 9.09. The first-order valence-corrected chi connectivity index (χ1v) is 6.95. The van der Waals surface area contributed by atoms with Crippen molar-refractivity contribution in [3.05, 3.63) is 0 Å². The summed E-state index contributed by atoms with van der Waals surface area (Å²) in [5.41, 5.74) is 0. The third-order valence-electron chi connectivity index (χ3n) is 3.08. The molecule has 0 aromatic rings. The Bertz CT molecular complexity index is 223. The summed E-state index contributed by atoms with van der Waals surface area (Å²) in [6.07, 6.45) is 2.32. The zero-order valence-corrected chi connectivity index (χ0v) is 12.0. The molecule has 0 aromatic carbocycles. The SMILES string of the molecule is CC(C)OCC(=O)N1CCC(C(C)Br)CC1. The van der Waals surface area contributed by atoms with Gasteiger partial charge in [-0.3, -0.25) is 4.79 Å². The summed E-state index contributed by atoms with van der Waals surface area (Å²) in [6.45, 7) is 8.07. The summed E-state index contributed by atoms with van der Waals surface area (Å²) < 4.78 is 5.33. The van der Waals surface area contributed by atoms with E-state index in [9.17, 15) is 4.79 Å². The van der Waals surface area contributed by atoms with Crippen molar-refractivity contribution in [1.82, 2.24) is 4.90 Å². The third kappa shape index (κ3) is 4.42. The van der Waals surface area contributed by atoms with Gasteiger partial charge in [0, 0.05) is 17.9 Å². The molecule has 1 atom stereocenters. The van der Waals surface area contributed by atoms with Crippen LogP contribution in [0.25, 0.3) is 0 Å². The molecular weight excluding hydrogens is 270 g/mol. The number of halogens is 1. The average molecular weight is 292 g/mol. The van der Waals surface area contributed by atoms with Crippen LogP contribution < -0.4 is 0 Å². The first-order chi connectivity index (χ1) is 7.50. The largest absolute Gasteiger partial charge is 0.369 e. The van der Waals surface area contributed by atoms with E-state index >= 15 is 0 Å². The van der Waals surface area contributed by atoms with Crippen molar-refractivity contribution in [2.45, 2.75) is 44.5 Å². The van der Waals surface area contributed by atoms with Crippen molar-refractivity contribution in [2.75, 3.05) is 19.7 Å². The molecule has 1 saturated heterocycles. The Kier molecular flexibility index (Phi) is 5.76. The van der Waals surface area contributed by atoms with Gasteiger partial charge in [0.1, 0.15) is 6.61 Å². The van der Waals surface area contributed by atoms with Crippen LogP contribution in [-0.2, 0) is 9.53 Å². The van der Waals surface area contributed by atoms with Crippen LogP contribution in [0.1, 0.15) is 33.6 Å². The highest BCUT2D eigenvalue weighted by Gasteiger charge is 2.25. The second-order valence-corrected chi connectivity index (χ2v) is 6.20. The van der Waals surface area contributed by atoms with Crippen molar-refractivity contribution in [2.24, 2.45) is 5.92 Å². The molecule has 1 aliphatic rings. The van der Waals surface area contributed by atoms with E-state index < -0.39 is 0 Å². The average Bonchev–Trinajstić information content (AvgIpc) is 2.26. The molecule has 1 rings (SSSR count). The van der Waals surface area contributed by atoms with Crippen LogP contribution in [-0.4, -0.2) is 41.4 Å². The van der Waals surface area contributed by atoms with Crippen LogP contribution in [0.15, 0.2) is 0 Å². The number of alkyl halides is 1. The first kappa shape index (κ1) is 14.0.